The molecule has 0 N–H and O–H groups in total. The molecule has 0 fully saturated rings. The minimum Gasteiger partial charge on any atom is -0.310 e. The van der Waals surface area contributed by atoms with Gasteiger partial charge in [0.15, 0.2) is 0 Å². The van der Waals surface area contributed by atoms with E-state index < -0.39 is 0 Å². The van der Waals surface area contributed by atoms with E-state index in [0.29, 0.717) is 11.8 Å². The fourth-order valence-electron chi connectivity index (χ4n) is 10.3. The van der Waals surface area contributed by atoms with Gasteiger partial charge in [-0.15, -0.1) is 0 Å². The number of anilines is 6. The second kappa shape index (κ2) is 18.0. The minimum atomic E-state index is -0.152. The molecule has 0 aromatic heterocycles. The molecule has 10 aromatic carbocycles. The Kier molecular flexibility index (Phi) is 11.8. The Hall–Kier alpha value is -7.42. The zero-order valence-electron chi connectivity index (χ0n) is 40.8. The third kappa shape index (κ3) is 8.13. The van der Waals surface area contributed by atoms with Crippen molar-refractivity contribution in [3.63, 3.8) is 0 Å². The van der Waals surface area contributed by atoms with Gasteiger partial charge in [-0.25, -0.2) is 0 Å². The lowest BCUT2D eigenvalue weighted by molar-refractivity contribution is 0.641. The average molecular weight is 883 g/mol. The van der Waals surface area contributed by atoms with Crippen LogP contribution in [0.2, 0.25) is 0 Å². The van der Waals surface area contributed by atoms with E-state index in [1.165, 1.54) is 65.7 Å². The molecule has 10 rings (SSSR count). The van der Waals surface area contributed by atoms with Crippen molar-refractivity contribution in [1.82, 2.24) is 0 Å². The van der Waals surface area contributed by atoms with Crippen LogP contribution >= 0.6 is 0 Å². The fourth-order valence-corrected chi connectivity index (χ4v) is 10.3. The van der Waals surface area contributed by atoms with E-state index in [0.717, 1.165) is 34.1 Å². The SMILES string of the molecule is CC(C)c1ccc(N(c2ccc(C(C)(C)c3ccccc3)cc2)c2cc3c4ccccc4c(N(c4ccc(C(C)C)cc4)c4ccc(C(C)(C)c5ccccc5)cc4)cc3c3ccccc23)cc1. The summed E-state index contributed by atoms with van der Waals surface area (Å²) in [5, 5.41) is 7.27. The third-order valence-corrected chi connectivity index (χ3v) is 14.6. The highest BCUT2D eigenvalue weighted by molar-refractivity contribution is 6.24. The van der Waals surface area contributed by atoms with Crippen LogP contribution in [0.25, 0.3) is 32.3 Å². The molecular weight excluding hydrogens is 821 g/mol. The van der Waals surface area contributed by atoms with Crippen molar-refractivity contribution >= 4 is 66.4 Å². The highest BCUT2D eigenvalue weighted by Gasteiger charge is 2.27. The van der Waals surface area contributed by atoms with Crippen molar-refractivity contribution in [2.45, 2.75) is 78.1 Å². The number of fused-ring (bicyclic) bond motifs is 5. The lowest BCUT2D eigenvalue weighted by Gasteiger charge is -2.31. The maximum absolute atomic E-state index is 2.47. The topological polar surface area (TPSA) is 6.48 Å². The molecule has 0 saturated carbocycles. The standard InChI is InChI=1S/C66H62N2/c1-45(2)47-27-35-53(36-28-47)67(55-39-31-51(32-40-55)65(5,6)49-19-11-9-12-20-49)63-43-61-58-24-16-18-26-60(58)64(44-62(61)57-23-15-17-25-59(57)63)68(54-37-29-48(30-38-54)46(3)4)56-41-33-52(34-42-56)66(7,8)50-21-13-10-14-22-50/h9-46H,1-8H3. The molecule has 0 amide bonds. The van der Waals surface area contributed by atoms with Gasteiger partial charge >= 0.3 is 0 Å². The van der Waals surface area contributed by atoms with Gasteiger partial charge in [-0.1, -0.05) is 213 Å². The zero-order valence-corrected chi connectivity index (χ0v) is 40.8. The molecule has 0 atom stereocenters. The minimum absolute atomic E-state index is 0.152. The molecule has 10 aromatic rings. The van der Waals surface area contributed by atoms with Crippen molar-refractivity contribution in [2.75, 3.05) is 9.80 Å². The van der Waals surface area contributed by atoms with Crippen molar-refractivity contribution in [3.05, 3.63) is 252 Å². The highest BCUT2D eigenvalue weighted by Crippen LogP contribution is 2.48. The Morgan fingerprint density at radius 2 is 0.544 bits per heavy atom. The van der Waals surface area contributed by atoms with Crippen molar-refractivity contribution in [3.8, 4) is 0 Å². The molecule has 0 bridgehead atoms. The molecule has 0 aliphatic rings. The second-order valence-electron chi connectivity index (χ2n) is 20.2. The quantitative estimate of drug-likeness (QED) is 0.113. The first-order chi connectivity index (χ1) is 32.9. The number of nitrogens with zero attached hydrogens (tertiary/aromatic N) is 2. The highest BCUT2D eigenvalue weighted by atomic mass is 15.2. The van der Waals surface area contributed by atoms with Gasteiger partial charge in [0.25, 0.3) is 0 Å². The van der Waals surface area contributed by atoms with Gasteiger partial charge in [-0.2, -0.15) is 0 Å². The van der Waals surface area contributed by atoms with Crippen LogP contribution in [-0.2, 0) is 10.8 Å². The van der Waals surface area contributed by atoms with Gasteiger partial charge in [0.1, 0.15) is 0 Å². The summed E-state index contributed by atoms with van der Waals surface area (Å²) >= 11 is 0. The summed E-state index contributed by atoms with van der Waals surface area (Å²) in [6, 6.07) is 81.4. The Bertz CT molecular complexity index is 3120. The molecule has 0 aliphatic heterocycles. The van der Waals surface area contributed by atoms with E-state index in [1.54, 1.807) is 0 Å². The van der Waals surface area contributed by atoms with Gasteiger partial charge in [0, 0.05) is 44.4 Å². The predicted molar refractivity (Wildman–Crippen MR) is 294 cm³/mol. The molecule has 0 unspecified atom stereocenters. The lowest BCUT2D eigenvalue weighted by atomic mass is 9.78. The number of benzene rings is 10. The van der Waals surface area contributed by atoms with E-state index >= 15 is 0 Å². The summed E-state index contributed by atoms with van der Waals surface area (Å²) in [4.78, 5) is 4.93. The molecule has 336 valence electrons. The maximum atomic E-state index is 2.47. The van der Waals surface area contributed by atoms with Crippen molar-refractivity contribution in [1.29, 1.82) is 0 Å². The van der Waals surface area contributed by atoms with E-state index in [9.17, 15) is 0 Å². The van der Waals surface area contributed by atoms with Crippen LogP contribution < -0.4 is 9.80 Å². The maximum Gasteiger partial charge on any atom is 0.0546 e. The predicted octanol–water partition coefficient (Wildman–Crippen LogP) is 19.0. The van der Waals surface area contributed by atoms with Crippen LogP contribution in [-0.4, -0.2) is 0 Å². The van der Waals surface area contributed by atoms with Gasteiger partial charge in [-0.05, 0) is 127 Å². The molecule has 0 radical (unpaired) electrons. The lowest BCUT2D eigenvalue weighted by Crippen LogP contribution is -2.19. The van der Waals surface area contributed by atoms with E-state index in [1.807, 2.05) is 0 Å². The van der Waals surface area contributed by atoms with Gasteiger partial charge in [0.05, 0.1) is 11.4 Å². The Morgan fingerprint density at radius 1 is 0.279 bits per heavy atom. The molecule has 0 spiro atoms. The largest absolute Gasteiger partial charge is 0.310 e. The van der Waals surface area contributed by atoms with Crippen LogP contribution in [0.3, 0.4) is 0 Å². The van der Waals surface area contributed by atoms with Gasteiger partial charge in [-0.3, -0.25) is 0 Å². The molecule has 2 heteroatoms. The van der Waals surface area contributed by atoms with Crippen molar-refractivity contribution < 1.29 is 0 Å². The summed E-state index contributed by atoms with van der Waals surface area (Å²) in [6.45, 7) is 18.3. The summed E-state index contributed by atoms with van der Waals surface area (Å²) < 4.78 is 0. The number of rotatable bonds is 12. The molecule has 68 heavy (non-hydrogen) atoms. The molecule has 0 heterocycles. The van der Waals surface area contributed by atoms with Crippen LogP contribution in [0.15, 0.2) is 218 Å². The fraction of sp³-hybridized carbons (Fsp3) is 0.182. The van der Waals surface area contributed by atoms with E-state index in [2.05, 4.69) is 284 Å². The number of hydrogen-bond donors (Lipinski definition) is 0. The first kappa shape index (κ1) is 44.4. The second-order valence-corrected chi connectivity index (χ2v) is 20.2. The van der Waals surface area contributed by atoms with Crippen LogP contribution in [0.5, 0.6) is 0 Å². The average Bonchev–Trinajstić information content (AvgIpc) is 3.38. The monoisotopic (exact) mass is 882 g/mol. The summed E-state index contributed by atoms with van der Waals surface area (Å²) in [6.07, 6.45) is 0. The summed E-state index contributed by atoms with van der Waals surface area (Å²) in [5.41, 5.74) is 14.3. The molecule has 0 saturated heterocycles. The normalized spacial score (nSPS) is 12.1. The van der Waals surface area contributed by atoms with E-state index in [-0.39, 0.29) is 10.8 Å². The Labute approximate surface area is 404 Å². The van der Waals surface area contributed by atoms with Gasteiger partial charge < -0.3 is 9.80 Å². The molecular formula is C66H62N2. The number of hydrogen-bond acceptors (Lipinski definition) is 2. The van der Waals surface area contributed by atoms with Crippen molar-refractivity contribution in [2.24, 2.45) is 0 Å². The zero-order chi connectivity index (χ0) is 47.2. The van der Waals surface area contributed by atoms with Crippen LogP contribution in [0.4, 0.5) is 34.1 Å². The van der Waals surface area contributed by atoms with E-state index in [4.69, 9.17) is 0 Å². The first-order valence-electron chi connectivity index (χ1n) is 24.4. The van der Waals surface area contributed by atoms with Crippen LogP contribution in [0, 0.1) is 0 Å². The van der Waals surface area contributed by atoms with Gasteiger partial charge in [0.2, 0.25) is 0 Å². The Morgan fingerprint density at radius 3 is 0.853 bits per heavy atom. The third-order valence-electron chi connectivity index (χ3n) is 14.6. The van der Waals surface area contributed by atoms with Crippen LogP contribution in [0.1, 0.15) is 101 Å². The molecule has 2 nitrogen and oxygen atoms in total. The molecule has 0 aliphatic carbocycles. The smallest absolute Gasteiger partial charge is 0.0546 e. The summed E-state index contributed by atoms with van der Waals surface area (Å²) in [7, 11) is 0. The Balaban J connectivity index is 1.18. The summed E-state index contributed by atoms with van der Waals surface area (Å²) in [5.74, 6) is 0.872. The first-order valence-corrected chi connectivity index (χ1v) is 24.4.